The van der Waals surface area contributed by atoms with Gasteiger partial charge in [-0.25, -0.2) is 4.79 Å². The van der Waals surface area contributed by atoms with Gasteiger partial charge in [0, 0.05) is 53.4 Å². The zero-order valence-corrected chi connectivity index (χ0v) is 20.2. The van der Waals surface area contributed by atoms with Crippen LogP contribution in [0.3, 0.4) is 0 Å². The summed E-state index contributed by atoms with van der Waals surface area (Å²) in [6.07, 6.45) is 0.479. The monoisotopic (exact) mass is 493 g/mol. The molecule has 2 aliphatic heterocycles. The number of carbonyl (C=O) groups is 2. The number of fused-ring (bicyclic) bond motifs is 1. The first-order valence-corrected chi connectivity index (χ1v) is 12.3. The van der Waals surface area contributed by atoms with Gasteiger partial charge in [0.15, 0.2) is 0 Å². The van der Waals surface area contributed by atoms with Gasteiger partial charge in [0.25, 0.3) is 0 Å². The summed E-state index contributed by atoms with van der Waals surface area (Å²) in [5.41, 5.74) is 3.40. The third-order valence-electron chi connectivity index (χ3n) is 6.06. The highest BCUT2D eigenvalue weighted by atomic mass is 35.5. The maximum absolute atomic E-state index is 13.3. The van der Waals surface area contributed by atoms with Gasteiger partial charge in [-0.2, -0.15) is 0 Å². The molecule has 0 aliphatic carbocycles. The van der Waals surface area contributed by atoms with Crippen LogP contribution >= 0.6 is 22.9 Å². The molecule has 0 bridgehead atoms. The molecule has 3 heterocycles. The maximum atomic E-state index is 13.3. The largest absolute Gasteiger partial charge is 0.358 e. The third kappa shape index (κ3) is 4.64. The van der Waals surface area contributed by atoms with Crippen LogP contribution in [0, 0.1) is 0 Å². The molecular weight excluding hydrogens is 470 g/mol. The summed E-state index contributed by atoms with van der Waals surface area (Å²) in [5.74, 6) is 0.744. The first-order chi connectivity index (χ1) is 16.5. The Balaban J connectivity index is 1.32. The molecule has 2 aliphatic rings. The predicted molar refractivity (Wildman–Crippen MR) is 137 cm³/mol. The van der Waals surface area contributed by atoms with Gasteiger partial charge in [0.05, 0.1) is 6.54 Å². The molecule has 174 valence electrons. The van der Waals surface area contributed by atoms with Crippen molar-refractivity contribution < 1.29 is 9.59 Å². The number of likely N-dealkylation sites (N-methyl/N-ethyl adjacent to an activating group) is 1. The summed E-state index contributed by atoms with van der Waals surface area (Å²) in [4.78, 5) is 35.9. The highest BCUT2D eigenvalue weighted by Gasteiger charge is 2.35. The number of urea groups is 1. The van der Waals surface area contributed by atoms with Gasteiger partial charge in [0.1, 0.15) is 11.9 Å². The molecule has 0 radical (unpaired) electrons. The van der Waals surface area contributed by atoms with E-state index in [2.05, 4.69) is 20.5 Å². The number of amides is 3. The number of thiophene rings is 1. The molecule has 1 unspecified atom stereocenters. The van der Waals surface area contributed by atoms with Gasteiger partial charge in [-0.1, -0.05) is 11.6 Å². The van der Waals surface area contributed by atoms with Crippen LogP contribution in [0.15, 0.2) is 65.0 Å². The molecule has 5 rings (SSSR count). The number of rotatable bonds is 4. The Morgan fingerprint density at radius 1 is 1.03 bits per heavy atom. The molecule has 1 aromatic heterocycles. The van der Waals surface area contributed by atoms with Crippen molar-refractivity contribution in [2.24, 2.45) is 4.99 Å². The predicted octanol–water partition coefficient (Wildman–Crippen LogP) is 4.69. The van der Waals surface area contributed by atoms with E-state index in [4.69, 9.17) is 11.6 Å². The third-order valence-corrected chi connectivity index (χ3v) is 7.30. The number of nitrogens with zero attached hydrogens (tertiary/aromatic N) is 3. The molecule has 0 saturated heterocycles. The number of nitrogens with one attached hydrogen (secondary N) is 2. The highest BCUT2D eigenvalue weighted by molar-refractivity contribution is 7.10. The topological polar surface area (TPSA) is 77.0 Å². The average molecular weight is 494 g/mol. The van der Waals surface area contributed by atoms with E-state index in [-0.39, 0.29) is 11.9 Å². The van der Waals surface area contributed by atoms with Crippen molar-refractivity contribution in [2.45, 2.75) is 19.0 Å². The van der Waals surface area contributed by atoms with Gasteiger partial charge >= 0.3 is 6.03 Å². The molecule has 34 heavy (non-hydrogen) atoms. The van der Waals surface area contributed by atoms with Crippen molar-refractivity contribution in [3.8, 4) is 0 Å². The number of amidine groups is 1. The summed E-state index contributed by atoms with van der Waals surface area (Å²) in [7, 11) is 2.02. The summed E-state index contributed by atoms with van der Waals surface area (Å²) < 4.78 is 0. The number of hydrogen-bond donors (Lipinski definition) is 2. The van der Waals surface area contributed by atoms with Crippen LogP contribution in [0.5, 0.6) is 0 Å². The first kappa shape index (κ1) is 22.4. The molecule has 3 amide bonds. The molecule has 0 spiro atoms. The lowest BCUT2D eigenvalue weighted by Gasteiger charge is -2.34. The Labute approximate surface area is 207 Å². The second-order valence-electron chi connectivity index (χ2n) is 8.35. The van der Waals surface area contributed by atoms with Gasteiger partial charge in [-0.3, -0.25) is 9.79 Å². The fourth-order valence-corrected chi connectivity index (χ4v) is 5.28. The van der Waals surface area contributed by atoms with Crippen LogP contribution in [-0.2, 0) is 17.8 Å². The summed E-state index contributed by atoms with van der Waals surface area (Å²) in [6, 6.07) is 15.6. The van der Waals surface area contributed by atoms with E-state index in [1.165, 1.54) is 0 Å². The average Bonchev–Trinajstić information content (AvgIpc) is 3.48. The smallest absolute Gasteiger partial charge is 0.322 e. The van der Waals surface area contributed by atoms with Crippen molar-refractivity contribution >= 4 is 52.1 Å². The molecule has 7 nitrogen and oxygen atoms in total. The normalized spacial score (nSPS) is 17.2. The SMILES string of the molecule is CN1CCN=C1c1ccc(NC(=O)C2Cc3sccc3CN2C(=O)Nc2ccc(Cl)cc2)cc1. The van der Waals surface area contributed by atoms with E-state index in [1.54, 1.807) is 40.5 Å². The second-order valence-corrected chi connectivity index (χ2v) is 9.78. The minimum atomic E-state index is -0.622. The first-order valence-electron chi connectivity index (χ1n) is 11.0. The van der Waals surface area contributed by atoms with Crippen LogP contribution in [-0.4, -0.2) is 53.8 Å². The molecule has 9 heteroatoms. The Morgan fingerprint density at radius 3 is 2.44 bits per heavy atom. The van der Waals surface area contributed by atoms with Crippen LogP contribution < -0.4 is 10.6 Å². The summed E-state index contributed by atoms with van der Waals surface area (Å²) >= 11 is 7.57. The van der Waals surface area contributed by atoms with Crippen LogP contribution in [0.1, 0.15) is 16.0 Å². The van der Waals surface area contributed by atoms with Crippen molar-refractivity contribution in [1.82, 2.24) is 9.80 Å². The van der Waals surface area contributed by atoms with E-state index < -0.39 is 6.04 Å². The summed E-state index contributed by atoms with van der Waals surface area (Å²) in [6.45, 7) is 2.08. The summed E-state index contributed by atoms with van der Waals surface area (Å²) in [5, 5.41) is 8.47. The zero-order chi connectivity index (χ0) is 23.7. The fraction of sp³-hybridized carbons (Fsp3) is 0.240. The number of hydrogen-bond acceptors (Lipinski definition) is 5. The number of carbonyl (C=O) groups excluding carboxylic acids is 2. The lowest BCUT2D eigenvalue weighted by Crippen LogP contribution is -2.51. The zero-order valence-electron chi connectivity index (χ0n) is 18.6. The van der Waals surface area contributed by atoms with Crippen LogP contribution in [0.2, 0.25) is 5.02 Å². The van der Waals surface area contributed by atoms with Gasteiger partial charge in [0.2, 0.25) is 5.91 Å². The van der Waals surface area contributed by atoms with E-state index in [9.17, 15) is 9.59 Å². The van der Waals surface area contributed by atoms with Crippen molar-refractivity contribution in [1.29, 1.82) is 0 Å². The van der Waals surface area contributed by atoms with Crippen LogP contribution in [0.4, 0.5) is 16.2 Å². The molecule has 0 saturated carbocycles. The number of aliphatic imine (C=N–C) groups is 1. The van der Waals surface area contributed by atoms with Crippen LogP contribution in [0.25, 0.3) is 0 Å². The fourth-order valence-electron chi connectivity index (χ4n) is 4.21. The van der Waals surface area contributed by atoms with E-state index in [0.29, 0.717) is 29.4 Å². The van der Waals surface area contributed by atoms with Gasteiger partial charge in [-0.05, 0) is 65.5 Å². The van der Waals surface area contributed by atoms with Crippen molar-refractivity contribution in [3.05, 3.63) is 81.0 Å². The molecule has 2 N–H and O–H groups in total. The second kappa shape index (κ2) is 9.48. The number of benzene rings is 2. The van der Waals surface area contributed by atoms with Gasteiger partial charge < -0.3 is 20.4 Å². The van der Waals surface area contributed by atoms with E-state index in [1.807, 2.05) is 42.8 Å². The lowest BCUT2D eigenvalue weighted by atomic mass is 10.0. The Hall–Kier alpha value is -3.36. The molecule has 3 aromatic rings. The quantitative estimate of drug-likeness (QED) is 0.553. The number of halogens is 1. The lowest BCUT2D eigenvalue weighted by molar-refractivity contribution is -0.120. The Kier molecular flexibility index (Phi) is 6.26. The maximum Gasteiger partial charge on any atom is 0.322 e. The van der Waals surface area contributed by atoms with E-state index in [0.717, 1.165) is 34.9 Å². The van der Waals surface area contributed by atoms with Gasteiger partial charge in [-0.15, -0.1) is 11.3 Å². The number of anilines is 2. The van der Waals surface area contributed by atoms with Crippen molar-refractivity contribution in [2.75, 3.05) is 30.8 Å². The standard InChI is InChI=1S/C25H24ClN5O2S/c1-30-12-11-27-23(30)16-2-6-19(7-3-16)28-24(32)21-14-22-17(10-13-34-22)15-31(21)25(33)29-20-8-4-18(26)5-9-20/h2-10,13,21H,11-12,14-15H2,1H3,(H,28,32)(H,29,33). The minimum Gasteiger partial charge on any atom is -0.358 e. The minimum absolute atomic E-state index is 0.214. The van der Waals surface area contributed by atoms with E-state index >= 15 is 0 Å². The molecule has 2 aromatic carbocycles. The highest BCUT2D eigenvalue weighted by Crippen LogP contribution is 2.29. The van der Waals surface area contributed by atoms with Crippen molar-refractivity contribution in [3.63, 3.8) is 0 Å². The molecule has 0 fully saturated rings. The molecular formula is C25H24ClN5O2S. The Morgan fingerprint density at radius 2 is 1.74 bits per heavy atom. The molecule has 1 atom stereocenters. The Bertz CT molecular complexity index is 1240.